The summed E-state index contributed by atoms with van der Waals surface area (Å²) in [5, 5.41) is 24.9. The molecule has 0 saturated heterocycles. The number of hydrogen-bond acceptors (Lipinski definition) is 7. The first-order valence-corrected chi connectivity index (χ1v) is 10.8. The second-order valence-corrected chi connectivity index (χ2v) is 7.73. The highest BCUT2D eigenvalue weighted by Gasteiger charge is 2.23. The molecule has 0 saturated carbocycles. The molecule has 11 nitrogen and oxygen atoms in total. The molecular formula is C25H24N6O5. The number of amidine groups is 1. The first kappa shape index (κ1) is 24.1. The van der Waals surface area contributed by atoms with Gasteiger partial charge in [0.1, 0.15) is 11.9 Å². The Bertz CT molecular complexity index is 1480. The van der Waals surface area contributed by atoms with E-state index in [0.717, 1.165) is 4.68 Å². The largest absolute Gasteiger partial charge is 0.493 e. The highest BCUT2D eigenvalue weighted by molar-refractivity contribution is 5.95. The van der Waals surface area contributed by atoms with Gasteiger partial charge in [-0.15, -0.1) is 5.10 Å². The van der Waals surface area contributed by atoms with Gasteiger partial charge in [-0.05, 0) is 54.1 Å². The van der Waals surface area contributed by atoms with Gasteiger partial charge in [0, 0.05) is 11.3 Å². The second-order valence-electron chi connectivity index (χ2n) is 7.73. The van der Waals surface area contributed by atoms with Crippen molar-refractivity contribution in [2.75, 3.05) is 19.5 Å². The van der Waals surface area contributed by atoms with Crippen LogP contribution in [0.1, 0.15) is 33.4 Å². The number of carboxylic acids is 1. The van der Waals surface area contributed by atoms with E-state index < -0.39 is 17.7 Å². The average molecular weight is 489 g/mol. The topological polar surface area (TPSA) is 168 Å². The third-order valence-corrected chi connectivity index (χ3v) is 5.52. The molecule has 0 unspecified atom stereocenters. The molecule has 0 bridgehead atoms. The number of methoxy groups -OCH3 is 2. The lowest BCUT2D eigenvalue weighted by atomic mass is 10.0. The van der Waals surface area contributed by atoms with Crippen molar-refractivity contribution in [1.29, 1.82) is 5.41 Å². The molecule has 0 aliphatic rings. The maximum atomic E-state index is 12.9. The number of hydrogen-bond donors (Lipinski definition) is 5. The molecule has 0 fully saturated rings. The van der Waals surface area contributed by atoms with E-state index >= 15 is 0 Å². The molecule has 6 N–H and O–H groups in total. The van der Waals surface area contributed by atoms with Gasteiger partial charge in [-0.2, -0.15) is 4.68 Å². The van der Waals surface area contributed by atoms with Gasteiger partial charge in [0.2, 0.25) is 0 Å². The van der Waals surface area contributed by atoms with Crippen LogP contribution in [0.2, 0.25) is 0 Å². The molecular weight excluding hydrogens is 464 g/mol. The summed E-state index contributed by atoms with van der Waals surface area (Å²) in [5.41, 5.74) is 6.95. The molecule has 0 aliphatic carbocycles. The Morgan fingerprint density at radius 1 is 1.08 bits per heavy atom. The van der Waals surface area contributed by atoms with Crippen molar-refractivity contribution in [3.63, 3.8) is 0 Å². The summed E-state index contributed by atoms with van der Waals surface area (Å²) < 4.78 is 11.8. The van der Waals surface area contributed by atoms with Crippen LogP contribution in [0, 0.1) is 5.41 Å². The zero-order valence-electron chi connectivity index (χ0n) is 19.5. The summed E-state index contributed by atoms with van der Waals surface area (Å²) in [4.78, 5) is 27.3. The van der Waals surface area contributed by atoms with E-state index in [4.69, 9.17) is 20.6 Å². The Balaban J connectivity index is 1.82. The molecule has 0 aliphatic heterocycles. The van der Waals surface area contributed by atoms with Crippen molar-refractivity contribution in [2.45, 2.75) is 6.04 Å². The van der Waals surface area contributed by atoms with Crippen LogP contribution < -0.4 is 26.2 Å². The lowest BCUT2D eigenvalue weighted by Gasteiger charge is -2.20. The zero-order chi connectivity index (χ0) is 25.8. The molecule has 0 spiro atoms. The Kier molecular flexibility index (Phi) is 6.72. The summed E-state index contributed by atoms with van der Waals surface area (Å²) >= 11 is 0. The van der Waals surface area contributed by atoms with Crippen LogP contribution in [-0.4, -0.2) is 45.9 Å². The molecule has 4 rings (SSSR count). The Labute approximate surface area is 205 Å². The summed E-state index contributed by atoms with van der Waals surface area (Å²) in [6.07, 6.45) is 0. The third-order valence-electron chi connectivity index (χ3n) is 5.52. The number of aromatic carboxylic acids is 1. The quantitative estimate of drug-likeness (QED) is 0.177. The number of nitrogens with two attached hydrogens (primary N) is 1. The Morgan fingerprint density at radius 2 is 1.78 bits per heavy atom. The highest BCUT2D eigenvalue weighted by atomic mass is 16.5. The number of carbonyl (C=O) groups is 1. The monoisotopic (exact) mass is 488 g/mol. The normalized spacial score (nSPS) is 11.5. The maximum Gasteiger partial charge on any atom is 0.348 e. The van der Waals surface area contributed by atoms with E-state index in [-0.39, 0.29) is 22.9 Å². The van der Waals surface area contributed by atoms with Crippen molar-refractivity contribution < 1.29 is 19.4 Å². The number of ether oxygens (including phenoxy) is 2. The number of rotatable bonds is 9. The highest BCUT2D eigenvalue weighted by Crippen LogP contribution is 2.33. The SMILES string of the molecule is COc1ccc([C@H](Nc2ccc(C(=N)N)cc2)c2nn(-c3ccccc3C(=O)O)c(=O)[nH]2)cc1OC. The molecule has 1 atom stereocenters. The molecule has 11 heteroatoms. The van der Waals surface area contributed by atoms with Crippen molar-refractivity contribution >= 4 is 17.5 Å². The maximum absolute atomic E-state index is 12.9. The molecule has 0 amide bonds. The number of H-pyrrole nitrogens is 1. The average Bonchev–Trinajstić information content (AvgIpc) is 3.27. The predicted molar refractivity (Wildman–Crippen MR) is 134 cm³/mol. The minimum atomic E-state index is -1.18. The predicted octanol–water partition coefficient (Wildman–Crippen LogP) is 2.76. The first-order valence-electron chi connectivity index (χ1n) is 10.8. The van der Waals surface area contributed by atoms with Crippen molar-refractivity contribution in [3.05, 3.63) is 99.7 Å². The first-order chi connectivity index (χ1) is 17.3. The van der Waals surface area contributed by atoms with E-state index in [1.54, 1.807) is 54.6 Å². The number of anilines is 1. The third kappa shape index (κ3) is 4.75. The minimum Gasteiger partial charge on any atom is -0.493 e. The Hall–Kier alpha value is -5.06. The van der Waals surface area contributed by atoms with Crippen LogP contribution in [0.15, 0.2) is 71.5 Å². The fourth-order valence-electron chi connectivity index (χ4n) is 3.73. The summed E-state index contributed by atoms with van der Waals surface area (Å²) in [6, 6.07) is 17.6. The van der Waals surface area contributed by atoms with Gasteiger partial charge in [0.15, 0.2) is 17.3 Å². The van der Waals surface area contributed by atoms with Crippen molar-refractivity contribution in [1.82, 2.24) is 14.8 Å². The standard InChI is InChI=1S/C25H24N6O5/c1-35-19-12-9-15(13-20(19)36-2)21(28-16-10-7-14(8-11-16)22(26)27)23-29-25(34)31(30-23)18-6-4-3-5-17(18)24(32)33/h3-13,21,28H,1-2H3,(H3,26,27)(H,32,33)(H,29,30,34)/t21-/m0/s1. The van der Waals surface area contributed by atoms with Crippen LogP contribution in [0.5, 0.6) is 11.5 Å². The number of nitrogens with zero attached hydrogens (tertiary/aromatic N) is 2. The van der Waals surface area contributed by atoms with Gasteiger partial charge in [-0.25, -0.2) is 9.59 Å². The van der Waals surface area contributed by atoms with Crippen LogP contribution in [0.3, 0.4) is 0 Å². The van der Waals surface area contributed by atoms with Gasteiger partial charge < -0.3 is 25.6 Å². The molecule has 1 heterocycles. The number of nitrogens with one attached hydrogen (secondary N) is 3. The second kappa shape index (κ2) is 10.1. The minimum absolute atomic E-state index is 0.0573. The van der Waals surface area contributed by atoms with Gasteiger partial charge in [0.25, 0.3) is 0 Å². The van der Waals surface area contributed by atoms with Gasteiger partial charge in [-0.3, -0.25) is 10.4 Å². The van der Waals surface area contributed by atoms with E-state index in [9.17, 15) is 14.7 Å². The fraction of sp³-hybridized carbons (Fsp3) is 0.120. The van der Waals surface area contributed by atoms with E-state index in [1.165, 1.54) is 26.4 Å². The number of para-hydroxylation sites is 1. The summed E-state index contributed by atoms with van der Waals surface area (Å²) in [6.45, 7) is 0. The molecule has 3 aromatic carbocycles. The van der Waals surface area contributed by atoms with E-state index in [0.29, 0.717) is 28.3 Å². The van der Waals surface area contributed by atoms with E-state index in [2.05, 4.69) is 15.4 Å². The van der Waals surface area contributed by atoms with Crippen LogP contribution in [0.25, 0.3) is 5.69 Å². The van der Waals surface area contributed by atoms with Gasteiger partial charge in [-0.1, -0.05) is 18.2 Å². The Morgan fingerprint density at radius 3 is 2.42 bits per heavy atom. The molecule has 0 radical (unpaired) electrons. The molecule has 184 valence electrons. The number of nitrogen functional groups attached to an aromatic ring is 1. The molecule has 4 aromatic rings. The van der Waals surface area contributed by atoms with E-state index in [1.807, 2.05) is 0 Å². The lowest BCUT2D eigenvalue weighted by molar-refractivity contribution is 0.0696. The number of aromatic nitrogens is 3. The smallest absolute Gasteiger partial charge is 0.348 e. The fourth-order valence-corrected chi connectivity index (χ4v) is 3.73. The van der Waals surface area contributed by atoms with Crippen molar-refractivity contribution in [2.24, 2.45) is 5.73 Å². The zero-order valence-corrected chi connectivity index (χ0v) is 19.5. The number of benzene rings is 3. The number of carboxylic acid groups (broad SMARTS) is 1. The van der Waals surface area contributed by atoms with Gasteiger partial charge >= 0.3 is 11.7 Å². The lowest BCUT2D eigenvalue weighted by Crippen LogP contribution is -2.18. The van der Waals surface area contributed by atoms with Crippen LogP contribution in [-0.2, 0) is 0 Å². The molecule has 1 aromatic heterocycles. The summed E-state index contributed by atoms with van der Waals surface area (Å²) in [5.74, 6) is 0.00958. The van der Waals surface area contributed by atoms with Crippen LogP contribution in [0.4, 0.5) is 5.69 Å². The molecule has 36 heavy (non-hydrogen) atoms. The van der Waals surface area contributed by atoms with Crippen molar-refractivity contribution in [3.8, 4) is 17.2 Å². The summed E-state index contributed by atoms with van der Waals surface area (Å²) in [7, 11) is 3.05. The van der Waals surface area contributed by atoms with Gasteiger partial charge in [0.05, 0.1) is 25.5 Å². The number of aromatic amines is 1. The van der Waals surface area contributed by atoms with Crippen LogP contribution >= 0.6 is 0 Å².